The van der Waals surface area contributed by atoms with Crippen LogP contribution in [0.15, 0.2) is 34.2 Å². The molecule has 2 rings (SSSR count). The number of rotatable bonds is 7. The van der Waals surface area contributed by atoms with Crippen LogP contribution in [0.1, 0.15) is 13.3 Å². The molecule has 0 fully saturated rings. The maximum atomic E-state index is 12.6. The molecule has 0 spiro atoms. The van der Waals surface area contributed by atoms with Crippen LogP contribution in [-0.4, -0.2) is 40.8 Å². The number of amides is 1. The van der Waals surface area contributed by atoms with Crippen LogP contribution in [0, 0.1) is 0 Å². The number of para-hydroxylation sites is 1. The molecule has 0 aliphatic carbocycles. The predicted molar refractivity (Wildman–Crippen MR) is 92.0 cm³/mol. The van der Waals surface area contributed by atoms with Crippen molar-refractivity contribution in [3.63, 3.8) is 0 Å². The van der Waals surface area contributed by atoms with Gasteiger partial charge in [0.25, 0.3) is 5.56 Å². The van der Waals surface area contributed by atoms with E-state index in [4.69, 9.17) is 0 Å². The topological polar surface area (TPSA) is 90.3 Å². The van der Waals surface area contributed by atoms with Gasteiger partial charge in [0.1, 0.15) is 6.54 Å². The van der Waals surface area contributed by atoms with E-state index in [2.05, 4.69) is 15.0 Å². The molecule has 0 unspecified atom stereocenters. The lowest BCUT2D eigenvalue weighted by Gasteiger charge is -2.12. The van der Waals surface area contributed by atoms with Crippen molar-refractivity contribution in [1.82, 2.24) is 14.9 Å². The van der Waals surface area contributed by atoms with E-state index in [0.29, 0.717) is 22.6 Å². The van der Waals surface area contributed by atoms with Gasteiger partial charge in [-0.15, -0.1) is 0 Å². The van der Waals surface area contributed by atoms with Gasteiger partial charge in [0.15, 0.2) is 5.16 Å². The number of hydrogen-bond acceptors (Lipinski definition) is 6. The third-order valence-electron chi connectivity index (χ3n) is 3.26. The molecule has 0 atom stereocenters. The second kappa shape index (κ2) is 8.49. The van der Waals surface area contributed by atoms with Crippen LogP contribution >= 0.6 is 11.8 Å². The molecule has 1 amide bonds. The van der Waals surface area contributed by atoms with Crippen LogP contribution in [-0.2, 0) is 20.9 Å². The summed E-state index contributed by atoms with van der Waals surface area (Å²) in [5, 5.41) is 3.51. The molecular weight excluding hydrogens is 330 g/mol. The van der Waals surface area contributed by atoms with Gasteiger partial charge in [-0.3, -0.25) is 19.0 Å². The molecular formula is C16H19N3O4S. The maximum absolute atomic E-state index is 12.6. The Kier molecular flexibility index (Phi) is 6.36. The van der Waals surface area contributed by atoms with Crippen molar-refractivity contribution in [2.45, 2.75) is 25.0 Å². The number of esters is 1. The molecule has 1 heterocycles. The molecule has 1 aromatic heterocycles. The summed E-state index contributed by atoms with van der Waals surface area (Å²) < 4.78 is 6.04. The smallest absolute Gasteiger partial charge is 0.325 e. The van der Waals surface area contributed by atoms with Gasteiger partial charge >= 0.3 is 5.97 Å². The number of hydrogen-bond donors (Lipinski definition) is 1. The minimum absolute atomic E-state index is 0.0610. The zero-order valence-electron chi connectivity index (χ0n) is 13.6. The largest absolute Gasteiger partial charge is 0.468 e. The fourth-order valence-corrected chi connectivity index (χ4v) is 2.96. The lowest BCUT2D eigenvalue weighted by atomic mass is 10.2. The Bertz CT molecular complexity index is 803. The number of carbonyl (C=O) groups excluding carboxylic acids is 2. The highest BCUT2D eigenvalue weighted by molar-refractivity contribution is 7.99. The average Bonchev–Trinajstić information content (AvgIpc) is 2.60. The summed E-state index contributed by atoms with van der Waals surface area (Å²) in [5.74, 6) is -0.776. The molecule has 7 nitrogen and oxygen atoms in total. The summed E-state index contributed by atoms with van der Waals surface area (Å²) in [6.07, 6.45) is 0.780. The maximum Gasteiger partial charge on any atom is 0.325 e. The first-order chi connectivity index (χ1) is 11.6. The third kappa shape index (κ3) is 4.35. The van der Waals surface area contributed by atoms with Crippen molar-refractivity contribution in [2.24, 2.45) is 0 Å². The summed E-state index contributed by atoms with van der Waals surface area (Å²) in [6.45, 7) is 2.32. The van der Waals surface area contributed by atoms with E-state index in [-0.39, 0.29) is 23.8 Å². The normalized spacial score (nSPS) is 10.6. The molecule has 1 N–H and O–H groups in total. The molecule has 8 heteroatoms. The Morgan fingerprint density at radius 2 is 2.08 bits per heavy atom. The van der Waals surface area contributed by atoms with Gasteiger partial charge in [0.05, 0.1) is 23.8 Å². The molecule has 0 radical (unpaired) electrons. The van der Waals surface area contributed by atoms with Gasteiger partial charge < -0.3 is 10.1 Å². The highest BCUT2D eigenvalue weighted by Crippen LogP contribution is 2.17. The summed E-state index contributed by atoms with van der Waals surface area (Å²) in [4.78, 5) is 39.9. The third-order valence-corrected chi connectivity index (χ3v) is 4.24. The Labute approximate surface area is 143 Å². The molecule has 128 valence electrons. The molecule has 0 bridgehead atoms. The van der Waals surface area contributed by atoms with Crippen LogP contribution in [0.3, 0.4) is 0 Å². The predicted octanol–water partition coefficient (Wildman–Crippen LogP) is 1.19. The molecule has 0 aliphatic heterocycles. The zero-order chi connectivity index (χ0) is 17.5. The number of thioether (sulfide) groups is 1. The number of ether oxygens (including phenoxy) is 1. The summed E-state index contributed by atoms with van der Waals surface area (Å²) in [5.41, 5.74) is 0.493. The van der Waals surface area contributed by atoms with E-state index in [9.17, 15) is 14.4 Å². The Hall–Kier alpha value is -2.35. The van der Waals surface area contributed by atoms with Crippen LogP contribution in [0.4, 0.5) is 0 Å². The van der Waals surface area contributed by atoms with E-state index >= 15 is 0 Å². The average molecular weight is 349 g/mol. The first kappa shape index (κ1) is 18.0. The van der Waals surface area contributed by atoms with Crippen LogP contribution in [0.5, 0.6) is 0 Å². The van der Waals surface area contributed by atoms with Crippen molar-refractivity contribution in [2.75, 3.05) is 19.4 Å². The fourth-order valence-electron chi connectivity index (χ4n) is 2.10. The number of carbonyl (C=O) groups is 2. The Balaban J connectivity index is 2.18. The number of methoxy groups -OCH3 is 1. The number of benzene rings is 1. The van der Waals surface area contributed by atoms with Gasteiger partial charge in [-0.25, -0.2) is 4.98 Å². The monoisotopic (exact) mass is 349 g/mol. The molecule has 1 aromatic carbocycles. The standard InChI is InChI=1S/C16H19N3O4S/c1-3-8-19-15(22)11-6-4-5-7-12(11)18-16(19)24-10-13(20)17-9-14(21)23-2/h4-7H,3,8-10H2,1-2H3,(H,17,20). The van der Waals surface area contributed by atoms with Crippen LogP contribution < -0.4 is 10.9 Å². The number of aromatic nitrogens is 2. The Morgan fingerprint density at radius 3 is 2.79 bits per heavy atom. The molecule has 0 aliphatic rings. The van der Waals surface area contributed by atoms with Crippen molar-refractivity contribution in [1.29, 1.82) is 0 Å². The van der Waals surface area contributed by atoms with E-state index in [0.717, 1.165) is 6.42 Å². The van der Waals surface area contributed by atoms with Gasteiger partial charge in [-0.1, -0.05) is 30.8 Å². The lowest BCUT2D eigenvalue weighted by molar-refractivity contribution is -0.140. The number of fused-ring (bicyclic) bond motifs is 1. The van der Waals surface area contributed by atoms with Crippen molar-refractivity contribution in [3.05, 3.63) is 34.6 Å². The van der Waals surface area contributed by atoms with Gasteiger partial charge in [0.2, 0.25) is 5.91 Å². The van der Waals surface area contributed by atoms with Gasteiger partial charge in [0, 0.05) is 6.54 Å². The van der Waals surface area contributed by atoms with Gasteiger partial charge in [-0.2, -0.15) is 0 Å². The zero-order valence-corrected chi connectivity index (χ0v) is 14.4. The van der Waals surface area contributed by atoms with Crippen molar-refractivity contribution in [3.8, 4) is 0 Å². The minimum atomic E-state index is -0.514. The highest BCUT2D eigenvalue weighted by atomic mass is 32.2. The first-order valence-corrected chi connectivity index (χ1v) is 8.51. The van der Waals surface area contributed by atoms with Crippen LogP contribution in [0.25, 0.3) is 10.9 Å². The van der Waals surface area contributed by atoms with E-state index in [1.807, 2.05) is 13.0 Å². The highest BCUT2D eigenvalue weighted by Gasteiger charge is 2.13. The molecule has 24 heavy (non-hydrogen) atoms. The van der Waals surface area contributed by atoms with E-state index in [1.54, 1.807) is 22.8 Å². The van der Waals surface area contributed by atoms with E-state index in [1.165, 1.54) is 18.9 Å². The molecule has 0 saturated carbocycles. The summed E-state index contributed by atoms with van der Waals surface area (Å²) in [6, 6.07) is 7.13. The van der Waals surface area contributed by atoms with Gasteiger partial charge in [-0.05, 0) is 18.6 Å². The van der Waals surface area contributed by atoms with Crippen molar-refractivity contribution >= 4 is 34.5 Å². The first-order valence-electron chi connectivity index (χ1n) is 7.52. The summed E-state index contributed by atoms with van der Waals surface area (Å²) in [7, 11) is 1.26. The second-order valence-corrected chi connectivity index (χ2v) is 5.95. The quantitative estimate of drug-likeness (QED) is 0.459. The SMILES string of the molecule is CCCn1c(SCC(=O)NCC(=O)OC)nc2ccccc2c1=O. The Morgan fingerprint density at radius 1 is 1.33 bits per heavy atom. The number of nitrogens with zero attached hydrogens (tertiary/aromatic N) is 2. The van der Waals surface area contributed by atoms with Crippen LogP contribution in [0.2, 0.25) is 0 Å². The second-order valence-electron chi connectivity index (χ2n) is 5.01. The molecule has 2 aromatic rings. The lowest BCUT2D eigenvalue weighted by Crippen LogP contribution is -2.31. The minimum Gasteiger partial charge on any atom is -0.468 e. The van der Waals surface area contributed by atoms with E-state index < -0.39 is 5.97 Å². The molecule has 0 saturated heterocycles. The fraction of sp³-hybridized carbons (Fsp3) is 0.375. The summed E-state index contributed by atoms with van der Waals surface area (Å²) >= 11 is 1.17. The number of nitrogens with one attached hydrogen (secondary N) is 1. The van der Waals surface area contributed by atoms with Crippen molar-refractivity contribution < 1.29 is 14.3 Å².